The highest BCUT2D eigenvalue weighted by molar-refractivity contribution is 6.34. The lowest BCUT2D eigenvalue weighted by Crippen LogP contribution is -2.13. The number of hydrogen-bond donors (Lipinski definition) is 1. The third-order valence-electron chi connectivity index (χ3n) is 1.02. The van der Waals surface area contributed by atoms with Gasteiger partial charge in [-0.15, -0.1) is 11.6 Å². The van der Waals surface area contributed by atoms with Crippen LogP contribution in [0.3, 0.4) is 0 Å². The Kier molecular flexibility index (Phi) is 5.12. The lowest BCUT2D eigenvalue weighted by molar-refractivity contribution is -0.134. The van der Waals surface area contributed by atoms with Crippen LogP contribution in [0.1, 0.15) is 6.92 Å². The number of aliphatic carboxylic acids is 1. The summed E-state index contributed by atoms with van der Waals surface area (Å²) in [6.45, 7) is 1.99. The monoisotopic (exact) mass is 192 g/mol. The summed E-state index contributed by atoms with van der Waals surface area (Å²) in [6, 6.07) is 0. The topological polar surface area (TPSA) is 63.6 Å². The van der Waals surface area contributed by atoms with Crippen LogP contribution in [0.4, 0.5) is 0 Å². The number of Topliss-reactive ketones (excluding diaryl/α,β-unsaturated/α-hetero) is 1. The lowest BCUT2D eigenvalue weighted by atomic mass is 10.2. The van der Waals surface area contributed by atoms with E-state index in [9.17, 15) is 9.59 Å². The van der Waals surface area contributed by atoms with Gasteiger partial charge in [0.05, 0.1) is 12.5 Å². The minimum Gasteiger partial charge on any atom is -0.500 e. The predicted molar refractivity (Wildman–Crippen MR) is 43.1 cm³/mol. The second-order valence-corrected chi connectivity index (χ2v) is 2.12. The van der Waals surface area contributed by atoms with Gasteiger partial charge in [0, 0.05) is 0 Å². The molecule has 1 N–H and O–H groups in total. The van der Waals surface area contributed by atoms with Gasteiger partial charge < -0.3 is 9.84 Å². The van der Waals surface area contributed by atoms with Gasteiger partial charge in [0.1, 0.15) is 11.8 Å². The molecule has 0 atom stereocenters. The molecule has 0 aliphatic rings. The van der Waals surface area contributed by atoms with E-state index >= 15 is 0 Å². The van der Waals surface area contributed by atoms with E-state index in [0.29, 0.717) is 6.61 Å². The van der Waals surface area contributed by atoms with Crippen molar-refractivity contribution in [2.24, 2.45) is 0 Å². The number of ketones is 1. The molecule has 0 saturated heterocycles. The molecule has 0 fully saturated rings. The fraction of sp³-hybridized carbons (Fsp3) is 0.429. The first-order valence-electron chi connectivity index (χ1n) is 3.27. The van der Waals surface area contributed by atoms with Crippen LogP contribution >= 0.6 is 11.6 Å². The van der Waals surface area contributed by atoms with E-state index in [1.807, 2.05) is 0 Å². The van der Waals surface area contributed by atoms with E-state index < -0.39 is 17.3 Å². The Balaban J connectivity index is 4.43. The van der Waals surface area contributed by atoms with Gasteiger partial charge in [-0.2, -0.15) is 0 Å². The van der Waals surface area contributed by atoms with Crippen LogP contribution in [0, 0.1) is 0 Å². The Morgan fingerprint density at radius 1 is 1.58 bits per heavy atom. The smallest absolute Gasteiger partial charge is 0.342 e. The van der Waals surface area contributed by atoms with Crippen LogP contribution in [-0.4, -0.2) is 29.3 Å². The number of carboxylic acids is 1. The van der Waals surface area contributed by atoms with Crippen molar-refractivity contribution in [1.82, 2.24) is 0 Å². The lowest BCUT2D eigenvalue weighted by Gasteiger charge is -1.98. The van der Waals surface area contributed by atoms with Crippen LogP contribution in [0.25, 0.3) is 0 Å². The standard InChI is InChI=1S/C7H9ClO4/c1-2-12-4-5(7(10)11)6(9)3-8/h4H,2-3H2,1H3,(H,10,11). The minimum absolute atomic E-state index is 0.312. The van der Waals surface area contributed by atoms with Gasteiger partial charge >= 0.3 is 5.97 Å². The molecule has 5 heteroatoms. The maximum atomic E-state index is 10.8. The number of carboxylic acid groups (broad SMARTS) is 1. The highest BCUT2D eigenvalue weighted by atomic mass is 35.5. The highest BCUT2D eigenvalue weighted by Crippen LogP contribution is 1.99. The average molecular weight is 193 g/mol. The zero-order valence-electron chi connectivity index (χ0n) is 6.54. The number of halogens is 1. The molecule has 0 aromatic heterocycles. The van der Waals surface area contributed by atoms with Gasteiger partial charge in [-0.3, -0.25) is 4.79 Å². The quantitative estimate of drug-likeness (QED) is 0.230. The molecule has 0 spiro atoms. The summed E-state index contributed by atoms with van der Waals surface area (Å²) in [5.74, 6) is -2.34. The van der Waals surface area contributed by atoms with Crippen molar-refractivity contribution < 1.29 is 19.4 Å². The molecule has 4 nitrogen and oxygen atoms in total. The third kappa shape index (κ3) is 3.39. The van der Waals surface area contributed by atoms with Gasteiger partial charge in [0.15, 0.2) is 5.78 Å². The Morgan fingerprint density at radius 3 is 2.50 bits per heavy atom. The summed E-state index contributed by atoms with van der Waals surface area (Å²) < 4.78 is 4.66. The summed E-state index contributed by atoms with van der Waals surface area (Å²) in [7, 11) is 0. The average Bonchev–Trinajstić information content (AvgIpc) is 2.04. The Hall–Kier alpha value is -1.03. The Bertz CT molecular complexity index is 209. The molecule has 0 aliphatic carbocycles. The molecule has 0 saturated carbocycles. The molecule has 0 rings (SSSR count). The summed E-state index contributed by atoms with van der Waals surface area (Å²) in [5, 5.41) is 8.47. The SMILES string of the molecule is CCOC=C(C(=O)O)C(=O)CCl. The van der Waals surface area contributed by atoms with Crippen LogP contribution in [0.15, 0.2) is 11.8 Å². The molecule has 0 amide bonds. The van der Waals surface area contributed by atoms with Crippen molar-refractivity contribution in [2.75, 3.05) is 12.5 Å². The summed E-state index contributed by atoms with van der Waals surface area (Å²) in [6.07, 6.45) is 0.910. The summed E-state index contributed by atoms with van der Waals surface area (Å²) >= 11 is 5.16. The summed E-state index contributed by atoms with van der Waals surface area (Å²) in [4.78, 5) is 21.2. The maximum Gasteiger partial charge on any atom is 0.342 e. The van der Waals surface area contributed by atoms with Gasteiger partial charge in [0.2, 0.25) is 0 Å². The third-order valence-corrected chi connectivity index (χ3v) is 1.26. The maximum absolute atomic E-state index is 10.8. The largest absolute Gasteiger partial charge is 0.500 e. The molecule has 0 heterocycles. The molecule has 0 bridgehead atoms. The van der Waals surface area contributed by atoms with Crippen LogP contribution in [0.5, 0.6) is 0 Å². The van der Waals surface area contributed by atoms with Crippen molar-refractivity contribution in [3.63, 3.8) is 0 Å². The van der Waals surface area contributed by atoms with Crippen molar-refractivity contribution in [3.8, 4) is 0 Å². The van der Waals surface area contributed by atoms with E-state index in [2.05, 4.69) is 4.74 Å². The van der Waals surface area contributed by atoms with Crippen LogP contribution in [-0.2, 0) is 14.3 Å². The first kappa shape index (κ1) is 11.0. The first-order chi connectivity index (χ1) is 5.63. The molecule has 12 heavy (non-hydrogen) atoms. The minimum atomic E-state index is -1.32. The van der Waals surface area contributed by atoms with E-state index in [1.54, 1.807) is 6.92 Å². The molecular weight excluding hydrogens is 184 g/mol. The second-order valence-electron chi connectivity index (χ2n) is 1.85. The molecule has 0 unspecified atom stereocenters. The Morgan fingerprint density at radius 2 is 2.17 bits per heavy atom. The molecule has 68 valence electrons. The van der Waals surface area contributed by atoms with Crippen molar-refractivity contribution in [1.29, 1.82) is 0 Å². The number of carbonyl (C=O) groups excluding carboxylic acids is 1. The predicted octanol–water partition coefficient (Wildman–Crippen LogP) is 0.799. The van der Waals surface area contributed by atoms with Gasteiger partial charge in [-0.1, -0.05) is 0 Å². The molecule has 0 aromatic carbocycles. The molecule has 0 aromatic rings. The zero-order valence-corrected chi connectivity index (χ0v) is 7.30. The van der Waals surface area contributed by atoms with Crippen LogP contribution < -0.4 is 0 Å². The van der Waals surface area contributed by atoms with Gasteiger partial charge in [-0.05, 0) is 6.92 Å². The van der Waals surface area contributed by atoms with Crippen molar-refractivity contribution in [3.05, 3.63) is 11.8 Å². The second kappa shape index (κ2) is 5.60. The molecule has 0 radical (unpaired) electrons. The molecule has 0 aliphatic heterocycles. The van der Waals surface area contributed by atoms with E-state index in [1.165, 1.54) is 0 Å². The van der Waals surface area contributed by atoms with E-state index in [-0.39, 0.29) is 5.88 Å². The first-order valence-corrected chi connectivity index (χ1v) is 3.81. The Labute approximate surface area is 74.8 Å². The number of alkyl halides is 1. The van der Waals surface area contributed by atoms with Crippen LogP contribution in [0.2, 0.25) is 0 Å². The van der Waals surface area contributed by atoms with E-state index in [0.717, 1.165) is 6.26 Å². The van der Waals surface area contributed by atoms with Crippen molar-refractivity contribution >= 4 is 23.4 Å². The number of rotatable bonds is 5. The fourth-order valence-corrected chi connectivity index (χ4v) is 0.618. The highest BCUT2D eigenvalue weighted by Gasteiger charge is 2.16. The normalized spacial score (nSPS) is 11.0. The van der Waals surface area contributed by atoms with Crippen molar-refractivity contribution in [2.45, 2.75) is 6.92 Å². The molecular formula is C7H9ClO4. The van der Waals surface area contributed by atoms with E-state index in [4.69, 9.17) is 16.7 Å². The zero-order chi connectivity index (χ0) is 9.56. The summed E-state index contributed by atoms with van der Waals surface area (Å²) in [5.41, 5.74) is -0.424. The van der Waals surface area contributed by atoms with Gasteiger partial charge in [-0.25, -0.2) is 4.79 Å². The number of carbonyl (C=O) groups is 2. The number of ether oxygens (including phenoxy) is 1. The number of hydrogen-bond acceptors (Lipinski definition) is 3. The fourth-order valence-electron chi connectivity index (χ4n) is 0.474. The van der Waals surface area contributed by atoms with Gasteiger partial charge in [0.25, 0.3) is 0 Å².